The number of fused-ring (bicyclic) bond motifs is 3. The third-order valence-electron chi connectivity index (χ3n) is 5.79. The first-order valence-corrected chi connectivity index (χ1v) is 9.31. The van der Waals surface area contributed by atoms with Crippen molar-refractivity contribution in [3.05, 3.63) is 65.2 Å². The molecule has 0 saturated heterocycles. The van der Waals surface area contributed by atoms with E-state index >= 15 is 0 Å². The van der Waals surface area contributed by atoms with Crippen LogP contribution in [0.4, 0.5) is 5.69 Å². The van der Waals surface area contributed by atoms with Crippen molar-refractivity contribution >= 4 is 11.6 Å². The molecule has 25 heavy (non-hydrogen) atoms. The molecule has 1 fully saturated rings. The summed E-state index contributed by atoms with van der Waals surface area (Å²) in [6.07, 6.45) is 3.47. The van der Waals surface area contributed by atoms with Crippen LogP contribution in [0.25, 0.3) is 0 Å². The summed E-state index contributed by atoms with van der Waals surface area (Å²) < 4.78 is 0. The minimum absolute atomic E-state index is 0.170. The molecular formula is C22H26N2O. The largest absolute Gasteiger partial charge is 0.379 e. The predicted molar refractivity (Wildman–Crippen MR) is 102 cm³/mol. The predicted octanol–water partition coefficient (Wildman–Crippen LogP) is 4.47. The first-order valence-electron chi connectivity index (χ1n) is 9.31. The van der Waals surface area contributed by atoms with Gasteiger partial charge in [-0.1, -0.05) is 54.4 Å². The van der Waals surface area contributed by atoms with Gasteiger partial charge >= 0.3 is 0 Å². The van der Waals surface area contributed by atoms with Crippen LogP contribution < -0.4 is 5.32 Å². The fourth-order valence-corrected chi connectivity index (χ4v) is 4.61. The number of amides is 1. The second-order valence-corrected chi connectivity index (χ2v) is 7.50. The van der Waals surface area contributed by atoms with Crippen molar-refractivity contribution < 1.29 is 4.79 Å². The number of nitrogens with zero attached hydrogens (tertiary/aromatic N) is 1. The first-order chi connectivity index (χ1) is 12.1. The van der Waals surface area contributed by atoms with Crippen molar-refractivity contribution in [1.29, 1.82) is 0 Å². The van der Waals surface area contributed by atoms with E-state index < -0.39 is 0 Å². The van der Waals surface area contributed by atoms with E-state index in [1.165, 1.54) is 35.2 Å². The molecule has 130 valence electrons. The molecule has 3 nitrogen and oxygen atoms in total. The van der Waals surface area contributed by atoms with Crippen LogP contribution in [0.5, 0.6) is 0 Å². The molecule has 1 aliphatic heterocycles. The molecule has 3 heteroatoms. The average Bonchev–Trinajstić information content (AvgIpc) is 2.98. The normalized spacial score (nSPS) is 24.2. The van der Waals surface area contributed by atoms with Gasteiger partial charge in [0.25, 0.3) is 0 Å². The van der Waals surface area contributed by atoms with E-state index in [-0.39, 0.29) is 11.9 Å². The SMILES string of the molecule is CC(=O)N(Cc1ccccc1)C1CCCC2c3cc(C)ccc3NC21. The van der Waals surface area contributed by atoms with E-state index in [4.69, 9.17) is 0 Å². The number of rotatable bonds is 3. The highest BCUT2D eigenvalue weighted by molar-refractivity contribution is 5.74. The number of anilines is 1. The Kier molecular flexibility index (Phi) is 4.24. The molecule has 3 atom stereocenters. The van der Waals surface area contributed by atoms with Gasteiger partial charge in [-0.05, 0) is 37.0 Å². The smallest absolute Gasteiger partial charge is 0.220 e. The standard InChI is InChI=1S/C22H26N2O/c1-15-11-12-20-19(13-15)18-9-6-10-21(22(18)23-20)24(16(2)25)14-17-7-4-3-5-8-17/h3-5,7-8,11-13,18,21-23H,6,9-10,14H2,1-2H3. The molecule has 4 rings (SSSR count). The highest BCUT2D eigenvalue weighted by Gasteiger charge is 2.42. The Bertz CT molecular complexity index is 771. The van der Waals surface area contributed by atoms with Crippen LogP contribution in [0, 0.1) is 6.92 Å². The summed E-state index contributed by atoms with van der Waals surface area (Å²) in [5.74, 6) is 0.690. The van der Waals surface area contributed by atoms with Gasteiger partial charge in [0.15, 0.2) is 0 Å². The maximum Gasteiger partial charge on any atom is 0.220 e. The molecule has 2 aromatic rings. The second-order valence-electron chi connectivity index (χ2n) is 7.50. The van der Waals surface area contributed by atoms with E-state index in [1.807, 2.05) is 18.2 Å². The number of carbonyl (C=O) groups excluding carboxylic acids is 1. The molecule has 1 N–H and O–H groups in total. The molecular weight excluding hydrogens is 308 g/mol. The lowest BCUT2D eigenvalue weighted by atomic mass is 9.78. The fraction of sp³-hybridized carbons (Fsp3) is 0.409. The number of aryl methyl sites for hydroxylation is 1. The lowest BCUT2D eigenvalue weighted by Crippen LogP contribution is -2.51. The Balaban J connectivity index is 1.62. The average molecular weight is 334 g/mol. The van der Waals surface area contributed by atoms with Gasteiger partial charge in [0.1, 0.15) is 0 Å². The highest BCUT2D eigenvalue weighted by Crippen LogP contribution is 2.45. The molecule has 0 radical (unpaired) electrons. The van der Waals surface area contributed by atoms with Gasteiger partial charge in [-0.3, -0.25) is 4.79 Å². The van der Waals surface area contributed by atoms with Crippen molar-refractivity contribution in [3.63, 3.8) is 0 Å². The summed E-state index contributed by atoms with van der Waals surface area (Å²) in [7, 11) is 0. The quantitative estimate of drug-likeness (QED) is 0.898. The molecule has 1 aliphatic carbocycles. The summed E-state index contributed by atoms with van der Waals surface area (Å²) >= 11 is 0. The second kappa shape index (κ2) is 6.55. The maximum atomic E-state index is 12.5. The molecule has 3 unspecified atom stereocenters. The Hall–Kier alpha value is -2.29. The van der Waals surface area contributed by atoms with E-state index in [1.54, 1.807) is 6.92 Å². The van der Waals surface area contributed by atoms with E-state index in [0.29, 0.717) is 18.5 Å². The van der Waals surface area contributed by atoms with Crippen LogP contribution in [-0.4, -0.2) is 22.9 Å². The molecule has 1 saturated carbocycles. The highest BCUT2D eigenvalue weighted by atomic mass is 16.2. The zero-order valence-electron chi connectivity index (χ0n) is 15.0. The number of carbonyl (C=O) groups is 1. The summed E-state index contributed by atoms with van der Waals surface area (Å²) in [6, 6.07) is 17.6. The fourth-order valence-electron chi connectivity index (χ4n) is 4.61. The summed E-state index contributed by atoms with van der Waals surface area (Å²) in [6.45, 7) is 4.56. The molecule has 2 aromatic carbocycles. The van der Waals surface area contributed by atoms with E-state index in [9.17, 15) is 4.79 Å². The third kappa shape index (κ3) is 3.04. The lowest BCUT2D eigenvalue weighted by molar-refractivity contribution is -0.132. The van der Waals surface area contributed by atoms with Gasteiger partial charge in [0.2, 0.25) is 5.91 Å². The zero-order chi connectivity index (χ0) is 17.4. The Morgan fingerprint density at radius 3 is 2.72 bits per heavy atom. The number of benzene rings is 2. The van der Waals surface area contributed by atoms with E-state index in [2.05, 4.69) is 47.5 Å². The van der Waals surface area contributed by atoms with Crippen LogP contribution in [0.3, 0.4) is 0 Å². The topological polar surface area (TPSA) is 32.3 Å². The van der Waals surface area contributed by atoms with Crippen molar-refractivity contribution in [2.75, 3.05) is 5.32 Å². The molecule has 1 heterocycles. The molecule has 1 amide bonds. The van der Waals surface area contributed by atoms with Crippen LogP contribution >= 0.6 is 0 Å². The Morgan fingerprint density at radius 2 is 1.96 bits per heavy atom. The van der Waals surface area contributed by atoms with Crippen LogP contribution in [0.2, 0.25) is 0 Å². The number of hydrogen-bond acceptors (Lipinski definition) is 2. The van der Waals surface area contributed by atoms with Crippen molar-refractivity contribution in [3.8, 4) is 0 Å². The third-order valence-corrected chi connectivity index (χ3v) is 5.79. The van der Waals surface area contributed by atoms with Gasteiger partial charge in [-0.25, -0.2) is 0 Å². The van der Waals surface area contributed by atoms with Crippen LogP contribution in [0.1, 0.15) is 48.8 Å². The summed E-state index contributed by atoms with van der Waals surface area (Å²) in [5, 5.41) is 3.74. The molecule has 0 bridgehead atoms. The summed E-state index contributed by atoms with van der Waals surface area (Å²) in [5.41, 5.74) is 5.22. The van der Waals surface area contributed by atoms with Crippen molar-refractivity contribution in [2.45, 2.75) is 57.7 Å². The maximum absolute atomic E-state index is 12.5. The van der Waals surface area contributed by atoms with Gasteiger partial charge < -0.3 is 10.2 Å². The molecule has 0 aromatic heterocycles. The zero-order valence-corrected chi connectivity index (χ0v) is 15.0. The Morgan fingerprint density at radius 1 is 1.16 bits per heavy atom. The number of hydrogen-bond donors (Lipinski definition) is 1. The van der Waals surface area contributed by atoms with Crippen LogP contribution in [-0.2, 0) is 11.3 Å². The van der Waals surface area contributed by atoms with E-state index in [0.717, 1.165) is 6.42 Å². The van der Waals surface area contributed by atoms with Crippen molar-refractivity contribution in [1.82, 2.24) is 4.90 Å². The Labute approximate surface area is 150 Å². The summed E-state index contributed by atoms with van der Waals surface area (Å²) in [4.78, 5) is 14.5. The minimum atomic E-state index is 0.170. The number of nitrogens with one attached hydrogen (secondary N) is 1. The van der Waals surface area contributed by atoms with Gasteiger partial charge in [0.05, 0.1) is 12.1 Å². The van der Waals surface area contributed by atoms with Crippen molar-refractivity contribution in [2.24, 2.45) is 0 Å². The molecule has 0 spiro atoms. The first kappa shape index (κ1) is 16.2. The minimum Gasteiger partial charge on any atom is -0.379 e. The lowest BCUT2D eigenvalue weighted by Gasteiger charge is -2.41. The van der Waals surface area contributed by atoms with Crippen LogP contribution in [0.15, 0.2) is 48.5 Å². The van der Waals surface area contributed by atoms with Gasteiger partial charge in [-0.15, -0.1) is 0 Å². The molecule has 2 aliphatic rings. The van der Waals surface area contributed by atoms with Gasteiger partial charge in [-0.2, -0.15) is 0 Å². The monoisotopic (exact) mass is 334 g/mol. The van der Waals surface area contributed by atoms with Gasteiger partial charge in [0, 0.05) is 25.1 Å².